The van der Waals surface area contributed by atoms with Crippen molar-refractivity contribution in [2.75, 3.05) is 0 Å². The van der Waals surface area contributed by atoms with Crippen LogP contribution in [0.4, 0.5) is 0 Å². The van der Waals surface area contributed by atoms with Crippen molar-refractivity contribution in [1.29, 1.82) is 0 Å². The molecule has 26 heavy (non-hydrogen) atoms. The topological polar surface area (TPSA) is 0 Å². The molecule has 0 unspecified atom stereocenters. The molecule has 0 N–H and O–H groups in total. The minimum atomic E-state index is 1.18. The molecule has 2 aliphatic rings. The summed E-state index contributed by atoms with van der Waals surface area (Å²) in [5.74, 6) is 0. The Morgan fingerprint density at radius 1 is 0.462 bits per heavy atom. The number of hydrogen-bond donors (Lipinski definition) is 0. The van der Waals surface area contributed by atoms with E-state index in [0.717, 1.165) is 0 Å². The molecule has 0 nitrogen and oxygen atoms in total. The third-order valence-electron chi connectivity index (χ3n) is 6.56. The smallest absolute Gasteiger partial charge is 0.00853 e. The van der Waals surface area contributed by atoms with Gasteiger partial charge in [-0.05, 0) is 54.4 Å². The van der Waals surface area contributed by atoms with Crippen LogP contribution in [-0.2, 0) is 19.3 Å². The fourth-order valence-electron chi connectivity index (χ4n) is 4.92. The molecular formula is C26H40. The van der Waals surface area contributed by atoms with Gasteiger partial charge in [-0.25, -0.2) is 0 Å². The van der Waals surface area contributed by atoms with Gasteiger partial charge in [0.15, 0.2) is 0 Å². The molecule has 0 saturated carbocycles. The first kappa shape index (κ1) is 19.7. The maximum absolute atomic E-state index is 2.45. The molecular weight excluding hydrogens is 312 g/mol. The maximum Gasteiger partial charge on any atom is -0.00853 e. The molecule has 2 aliphatic carbocycles. The van der Waals surface area contributed by atoms with Gasteiger partial charge in [0.1, 0.15) is 0 Å². The van der Waals surface area contributed by atoms with E-state index in [1.54, 1.807) is 16.7 Å². The highest BCUT2D eigenvalue weighted by Gasteiger charge is 2.14. The Balaban J connectivity index is 1.56. The molecule has 3 rings (SSSR count). The summed E-state index contributed by atoms with van der Waals surface area (Å²) in [5.41, 5.74) is 6.56. The highest BCUT2D eigenvalue weighted by Crippen LogP contribution is 2.29. The van der Waals surface area contributed by atoms with E-state index >= 15 is 0 Å². The lowest BCUT2D eigenvalue weighted by Gasteiger charge is -2.15. The number of aryl methyl sites for hydroxylation is 1. The Morgan fingerprint density at radius 3 is 1.54 bits per heavy atom. The first-order valence-corrected chi connectivity index (χ1v) is 11.8. The van der Waals surface area contributed by atoms with Gasteiger partial charge in [0, 0.05) is 0 Å². The molecule has 0 atom stereocenters. The van der Waals surface area contributed by atoms with Crippen LogP contribution in [0.5, 0.6) is 0 Å². The largest absolute Gasteiger partial charge is 0.0795 e. The van der Waals surface area contributed by atoms with E-state index in [-0.39, 0.29) is 0 Å². The highest BCUT2D eigenvalue weighted by atomic mass is 14.2. The summed E-state index contributed by atoms with van der Waals surface area (Å²) < 4.78 is 0. The second-order valence-electron chi connectivity index (χ2n) is 8.68. The van der Waals surface area contributed by atoms with Crippen molar-refractivity contribution in [3.8, 4) is 0 Å². The molecule has 0 aromatic heterocycles. The second-order valence-corrected chi connectivity index (χ2v) is 8.68. The van der Waals surface area contributed by atoms with Crippen molar-refractivity contribution in [2.45, 2.75) is 116 Å². The Kier molecular flexibility index (Phi) is 8.82. The first-order valence-electron chi connectivity index (χ1n) is 11.8. The summed E-state index contributed by atoms with van der Waals surface area (Å²) in [6, 6.07) is 4.83. The van der Waals surface area contributed by atoms with Crippen molar-refractivity contribution in [3.63, 3.8) is 0 Å². The zero-order valence-corrected chi connectivity index (χ0v) is 17.0. The maximum atomic E-state index is 2.45. The summed E-state index contributed by atoms with van der Waals surface area (Å²) in [6.45, 7) is 0. The average Bonchev–Trinajstić information content (AvgIpc) is 3.13. The van der Waals surface area contributed by atoms with Gasteiger partial charge < -0.3 is 0 Å². The van der Waals surface area contributed by atoms with Crippen molar-refractivity contribution < 1.29 is 0 Å². The van der Waals surface area contributed by atoms with E-state index in [4.69, 9.17) is 0 Å². The third kappa shape index (κ3) is 6.29. The van der Waals surface area contributed by atoms with Crippen LogP contribution in [0.3, 0.4) is 0 Å². The molecule has 0 saturated heterocycles. The van der Waals surface area contributed by atoms with E-state index in [9.17, 15) is 0 Å². The van der Waals surface area contributed by atoms with Crippen LogP contribution >= 0.6 is 0 Å². The number of benzene rings is 1. The number of hydrogen-bond acceptors (Lipinski definition) is 0. The van der Waals surface area contributed by atoms with E-state index < -0.39 is 0 Å². The van der Waals surface area contributed by atoms with Crippen molar-refractivity contribution >= 4 is 6.08 Å². The summed E-state index contributed by atoms with van der Waals surface area (Å²) in [6.07, 6.45) is 30.3. The standard InChI is InChI=1S/C26H40/c1-2-4-6-8-10-12-14-17-23-21-22-24-18-16-20-26(24)25(23)19-15-13-11-9-7-5-3-1/h16,18,21-22H,1-15,17,19-20H2. The molecule has 0 bridgehead atoms. The zero-order chi connectivity index (χ0) is 17.9. The third-order valence-corrected chi connectivity index (χ3v) is 6.56. The average molecular weight is 353 g/mol. The van der Waals surface area contributed by atoms with Crippen LogP contribution in [0.15, 0.2) is 18.2 Å². The summed E-state index contributed by atoms with van der Waals surface area (Å²) in [7, 11) is 0. The molecule has 0 heteroatoms. The number of fused-ring (bicyclic) bond motifs is 3. The van der Waals surface area contributed by atoms with Gasteiger partial charge in [-0.1, -0.05) is 108 Å². The molecule has 0 fully saturated rings. The van der Waals surface area contributed by atoms with Crippen LogP contribution in [0.25, 0.3) is 6.08 Å². The van der Waals surface area contributed by atoms with Gasteiger partial charge >= 0.3 is 0 Å². The van der Waals surface area contributed by atoms with Crippen molar-refractivity contribution in [1.82, 2.24) is 0 Å². The molecule has 0 aliphatic heterocycles. The monoisotopic (exact) mass is 352 g/mol. The molecule has 1 aromatic rings. The normalized spacial score (nSPS) is 21.2. The Hall–Kier alpha value is -1.04. The Labute approximate surface area is 162 Å². The quantitative estimate of drug-likeness (QED) is 0.441. The van der Waals surface area contributed by atoms with Crippen LogP contribution < -0.4 is 0 Å². The van der Waals surface area contributed by atoms with Gasteiger partial charge in [0.2, 0.25) is 0 Å². The number of rotatable bonds is 0. The van der Waals surface area contributed by atoms with Crippen LogP contribution in [0, 0.1) is 0 Å². The molecule has 0 amide bonds. The Morgan fingerprint density at radius 2 is 0.962 bits per heavy atom. The van der Waals surface area contributed by atoms with Gasteiger partial charge in [-0.3, -0.25) is 0 Å². The minimum Gasteiger partial charge on any atom is -0.0795 e. The highest BCUT2D eigenvalue weighted by molar-refractivity contribution is 5.63. The summed E-state index contributed by atoms with van der Waals surface area (Å²) in [5, 5.41) is 0. The molecule has 0 heterocycles. The lowest BCUT2D eigenvalue weighted by molar-refractivity contribution is 0.532. The van der Waals surface area contributed by atoms with E-state index in [1.807, 2.05) is 0 Å². The van der Waals surface area contributed by atoms with Gasteiger partial charge in [0.05, 0.1) is 0 Å². The Bertz CT molecular complexity index is 551. The van der Waals surface area contributed by atoms with Crippen molar-refractivity contribution in [2.24, 2.45) is 0 Å². The molecule has 144 valence electrons. The molecule has 0 spiro atoms. The SMILES string of the molecule is C1=Cc2ccc3c(c2C1)CCCCCCCCCCCCCCCCC3. The minimum absolute atomic E-state index is 1.18. The first-order chi connectivity index (χ1) is 12.9. The van der Waals surface area contributed by atoms with Crippen LogP contribution in [0.1, 0.15) is 119 Å². The van der Waals surface area contributed by atoms with Gasteiger partial charge in [0.25, 0.3) is 0 Å². The predicted molar refractivity (Wildman–Crippen MR) is 116 cm³/mol. The zero-order valence-electron chi connectivity index (χ0n) is 17.0. The van der Waals surface area contributed by atoms with Crippen molar-refractivity contribution in [3.05, 3.63) is 40.5 Å². The summed E-state index contributed by atoms with van der Waals surface area (Å²) in [4.78, 5) is 0. The fraction of sp³-hybridized carbons (Fsp3) is 0.692. The molecule has 0 radical (unpaired) electrons. The van der Waals surface area contributed by atoms with E-state index in [2.05, 4.69) is 24.3 Å². The lowest BCUT2D eigenvalue weighted by atomic mass is 9.90. The van der Waals surface area contributed by atoms with Gasteiger partial charge in [-0.15, -0.1) is 0 Å². The fourth-order valence-corrected chi connectivity index (χ4v) is 4.92. The predicted octanol–water partition coefficient (Wildman–Crippen LogP) is 8.21. The lowest BCUT2D eigenvalue weighted by Crippen LogP contribution is -2.01. The summed E-state index contributed by atoms with van der Waals surface area (Å²) >= 11 is 0. The van der Waals surface area contributed by atoms with E-state index in [0.29, 0.717) is 0 Å². The van der Waals surface area contributed by atoms with Crippen LogP contribution in [0.2, 0.25) is 0 Å². The number of allylic oxidation sites excluding steroid dienone is 1. The second kappa shape index (κ2) is 11.6. The van der Waals surface area contributed by atoms with Crippen LogP contribution in [-0.4, -0.2) is 0 Å². The van der Waals surface area contributed by atoms with E-state index in [1.165, 1.54) is 121 Å². The molecule has 1 aromatic carbocycles. The van der Waals surface area contributed by atoms with Gasteiger partial charge in [-0.2, -0.15) is 0 Å².